The lowest BCUT2D eigenvalue weighted by Crippen LogP contribution is -2.30. The number of esters is 4. The molecule has 0 saturated carbocycles. The molecule has 0 aliphatic heterocycles. The van der Waals surface area contributed by atoms with E-state index in [-0.39, 0.29) is 25.7 Å². The molecule has 0 bridgehead atoms. The van der Waals surface area contributed by atoms with Gasteiger partial charge < -0.3 is 33.8 Å². The molecule has 19 heteroatoms. The predicted octanol–water partition coefficient (Wildman–Crippen LogP) is 22.2. The highest BCUT2D eigenvalue weighted by Gasteiger charge is 2.30. The van der Waals surface area contributed by atoms with E-state index < -0.39 is 97.5 Å². The standard InChI is InChI=1S/C76H148O17P2/c1-8-11-12-13-14-15-16-19-23-28-36-43-50-57-73(78)86-63-71(92-75(80)59-52-45-38-29-24-21-18-17-20-22-27-34-41-48-55-68(6)9-2)65-90-94(82,83)88-61-70(77)62-89-95(84,85)91-66-72(93-76(81)60-53-46-39-30-25-26-33-40-47-54-67(4)5)64-87-74(79)58-51-44-37-32-31-35-42-49-56-69(7)10-3/h67-72,77H,8-66H2,1-7H3,(H,82,83)(H,84,85)/t68?,69?,70-,71-,72-/m1/s1. The van der Waals surface area contributed by atoms with Crippen LogP contribution in [-0.4, -0.2) is 96.7 Å². The molecule has 0 amide bonds. The minimum absolute atomic E-state index is 0.105. The minimum atomic E-state index is -4.96. The van der Waals surface area contributed by atoms with E-state index >= 15 is 0 Å². The molecule has 17 nitrogen and oxygen atoms in total. The molecule has 7 atom stereocenters. The molecule has 0 spiro atoms. The molecule has 3 N–H and O–H groups in total. The predicted molar refractivity (Wildman–Crippen MR) is 386 cm³/mol. The Kier molecular flexibility index (Phi) is 65.2. The summed E-state index contributed by atoms with van der Waals surface area (Å²) in [5, 5.41) is 10.6. The number of hydrogen-bond donors (Lipinski definition) is 3. The third-order valence-corrected chi connectivity index (χ3v) is 20.3. The van der Waals surface area contributed by atoms with Gasteiger partial charge in [0, 0.05) is 25.7 Å². The van der Waals surface area contributed by atoms with Crippen LogP contribution in [0.3, 0.4) is 0 Å². The maximum absolute atomic E-state index is 13.1. The van der Waals surface area contributed by atoms with E-state index in [1.54, 1.807) is 0 Å². The van der Waals surface area contributed by atoms with Gasteiger partial charge in [0.05, 0.1) is 26.4 Å². The number of carbonyl (C=O) groups excluding carboxylic acids is 4. The van der Waals surface area contributed by atoms with E-state index in [9.17, 15) is 43.2 Å². The van der Waals surface area contributed by atoms with Gasteiger partial charge in [-0.25, -0.2) is 9.13 Å². The van der Waals surface area contributed by atoms with E-state index in [1.807, 2.05) is 0 Å². The lowest BCUT2D eigenvalue weighted by Gasteiger charge is -2.21. The Labute approximate surface area is 581 Å². The number of phosphoric ester groups is 2. The fourth-order valence-corrected chi connectivity index (χ4v) is 13.1. The molecule has 0 fully saturated rings. The molecular weight excluding hydrogens is 1250 g/mol. The minimum Gasteiger partial charge on any atom is -0.462 e. The Morgan fingerprint density at radius 3 is 0.800 bits per heavy atom. The molecule has 0 saturated heterocycles. The smallest absolute Gasteiger partial charge is 0.462 e. The van der Waals surface area contributed by atoms with Gasteiger partial charge in [-0.2, -0.15) is 0 Å². The molecule has 0 aliphatic carbocycles. The van der Waals surface area contributed by atoms with Crippen molar-refractivity contribution in [2.45, 2.75) is 407 Å². The van der Waals surface area contributed by atoms with Crippen molar-refractivity contribution in [3.05, 3.63) is 0 Å². The molecule has 0 radical (unpaired) electrons. The largest absolute Gasteiger partial charge is 0.472 e. The molecule has 564 valence electrons. The quantitative estimate of drug-likeness (QED) is 0.0222. The van der Waals surface area contributed by atoms with Crippen LogP contribution in [0.1, 0.15) is 389 Å². The third-order valence-electron chi connectivity index (χ3n) is 18.4. The van der Waals surface area contributed by atoms with E-state index in [1.165, 1.54) is 199 Å². The first-order chi connectivity index (χ1) is 45.8. The fourth-order valence-electron chi connectivity index (χ4n) is 11.5. The summed E-state index contributed by atoms with van der Waals surface area (Å²) in [6.45, 7) is 11.9. The zero-order valence-electron chi connectivity index (χ0n) is 62.1. The molecule has 0 aromatic rings. The van der Waals surface area contributed by atoms with Crippen molar-refractivity contribution in [2.75, 3.05) is 39.6 Å². The van der Waals surface area contributed by atoms with Crippen molar-refractivity contribution in [1.82, 2.24) is 0 Å². The summed E-state index contributed by atoms with van der Waals surface area (Å²) >= 11 is 0. The lowest BCUT2D eigenvalue weighted by molar-refractivity contribution is -0.161. The van der Waals surface area contributed by atoms with Gasteiger partial charge in [0.1, 0.15) is 19.3 Å². The van der Waals surface area contributed by atoms with E-state index in [4.69, 9.17) is 37.0 Å². The second kappa shape index (κ2) is 66.6. The molecular formula is C76H148O17P2. The number of rotatable bonds is 74. The van der Waals surface area contributed by atoms with Crippen LogP contribution in [0, 0.1) is 17.8 Å². The number of aliphatic hydroxyl groups excluding tert-OH is 1. The Hall–Kier alpha value is -1.94. The van der Waals surface area contributed by atoms with E-state index in [0.717, 1.165) is 108 Å². The van der Waals surface area contributed by atoms with Gasteiger partial charge >= 0.3 is 39.5 Å². The zero-order chi connectivity index (χ0) is 70.1. The molecule has 4 unspecified atom stereocenters. The van der Waals surface area contributed by atoms with Crippen LogP contribution in [0.5, 0.6) is 0 Å². The highest BCUT2D eigenvalue weighted by molar-refractivity contribution is 7.47. The average molecular weight is 1400 g/mol. The van der Waals surface area contributed by atoms with Crippen molar-refractivity contribution in [2.24, 2.45) is 17.8 Å². The first-order valence-electron chi connectivity index (χ1n) is 39.4. The molecule has 0 heterocycles. The summed E-state index contributed by atoms with van der Waals surface area (Å²) in [5.74, 6) is 0.243. The summed E-state index contributed by atoms with van der Waals surface area (Å²) in [6, 6.07) is 0. The van der Waals surface area contributed by atoms with Crippen LogP contribution >= 0.6 is 15.6 Å². The number of carbonyl (C=O) groups is 4. The number of unbranched alkanes of at least 4 members (excludes halogenated alkanes) is 40. The van der Waals surface area contributed by atoms with Gasteiger partial charge in [-0.15, -0.1) is 0 Å². The van der Waals surface area contributed by atoms with Crippen molar-refractivity contribution in [3.63, 3.8) is 0 Å². The maximum atomic E-state index is 13.1. The number of phosphoric acid groups is 2. The molecule has 0 aromatic carbocycles. The monoisotopic (exact) mass is 1400 g/mol. The van der Waals surface area contributed by atoms with Crippen LogP contribution in [0.4, 0.5) is 0 Å². The SMILES string of the molecule is CCCCCCCCCCCCCCCC(=O)OC[C@H](COP(=O)(O)OC[C@@H](O)COP(=O)(O)OC[C@@H](COC(=O)CCCCCCCCCCC(C)CC)OC(=O)CCCCCCCCCCCC(C)C)OC(=O)CCCCCCCCCCCCCCCCC(C)CC. The van der Waals surface area contributed by atoms with Crippen molar-refractivity contribution in [1.29, 1.82) is 0 Å². The van der Waals surface area contributed by atoms with Gasteiger partial charge in [0.15, 0.2) is 12.2 Å². The Morgan fingerprint density at radius 2 is 0.537 bits per heavy atom. The number of aliphatic hydroxyl groups is 1. The van der Waals surface area contributed by atoms with E-state index in [2.05, 4.69) is 48.5 Å². The second-order valence-electron chi connectivity index (χ2n) is 28.4. The van der Waals surface area contributed by atoms with Crippen LogP contribution in [0.2, 0.25) is 0 Å². The second-order valence-corrected chi connectivity index (χ2v) is 31.3. The summed E-state index contributed by atoms with van der Waals surface area (Å²) < 4.78 is 68.5. The Morgan fingerprint density at radius 1 is 0.305 bits per heavy atom. The molecule has 0 rings (SSSR count). The summed E-state index contributed by atoms with van der Waals surface area (Å²) in [5.41, 5.74) is 0. The van der Waals surface area contributed by atoms with E-state index in [0.29, 0.717) is 25.7 Å². The fraction of sp³-hybridized carbons (Fsp3) is 0.947. The summed E-state index contributed by atoms with van der Waals surface area (Å²) in [7, 11) is -9.91. The van der Waals surface area contributed by atoms with Crippen LogP contribution in [0.15, 0.2) is 0 Å². The first-order valence-corrected chi connectivity index (χ1v) is 42.4. The van der Waals surface area contributed by atoms with Crippen molar-refractivity contribution >= 4 is 39.5 Å². The van der Waals surface area contributed by atoms with Gasteiger partial charge in [-0.3, -0.25) is 37.3 Å². The highest BCUT2D eigenvalue weighted by Crippen LogP contribution is 2.45. The topological polar surface area (TPSA) is 237 Å². The normalized spacial score (nSPS) is 14.6. The van der Waals surface area contributed by atoms with Crippen LogP contribution < -0.4 is 0 Å². The van der Waals surface area contributed by atoms with Crippen molar-refractivity contribution in [3.8, 4) is 0 Å². The Balaban J connectivity index is 5.26. The molecule has 0 aromatic heterocycles. The maximum Gasteiger partial charge on any atom is 0.472 e. The van der Waals surface area contributed by atoms with Gasteiger partial charge in [-0.1, -0.05) is 337 Å². The first kappa shape index (κ1) is 93.1. The van der Waals surface area contributed by atoms with Crippen LogP contribution in [-0.2, 0) is 65.4 Å². The van der Waals surface area contributed by atoms with Crippen LogP contribution in [0.25, 0.3) is 0 Å². The summed E-state index contributed by atoms with van der Waals surface area (Å²) in [6.07, 6.45) is 52.5. The summed E-state index contributed by atoms with van der Waals surface area (Å²) in [4.78, 5) is 72.8. The van der Waals surface area contributed by atoms with Crippen molar-refractivity contribution < 1.29 is 80.2 Å². The van der Waals surface area contributed by atoms with Gasteiger partial charge in [0.25, 0.3) is 0 Å². The molecule has 95 heavy (non-hydrogen) atoms. The third kappa shape index (κ3) is 67.6. The van der Waals surface area contributed by atoms with Gasteiger partial charge in [-0.05, 0) is 43.4 Å². The molecule has 0 aliphatic rings. The zero-order valence-corrected chi connectivity index (χ0v) is 63.9. The average Bonchev–Trinajstić information content (AvgIpc) is 1.53. The number of ether oxygens (including phenoxy) is 4. The highest BCUT2D eigenvalue weighted by atomic mass is 31.2. The lowest BCUT2D eigenvalue weighted by atomic mass is 9.99. The van der Waals surface area contributed by atoms with Gasteiger partial charge in [0.2, 0.25) is 0 Å². The number of hydrogen-bond acceptors (Lipinski definition) is 15. The Bertz CT molecular complexity index is 1860.